The van der Waals surface area contributed by atoms with Gasteiger partial charge in [0, 0.05) is 29.1 Å². The quantitative estimate of drug-likeness (QED) is 0.521. The first kappa shape index (κ1) is 20.4. The number of carbonyl (C=O) groups excluding carboxylic acids is 2. The first-order chi connectivity index (χ1) is 14.3. The number of aromatic nitrogens is 1. The second kappa shape index (κ2) is 7.73. The molecule has 2 amide bonds. The number of amides is 2. The van der Waals surface area contributed by atoms with Crippen LogP contribution in [0.2, 0.25) is 0 Å². The van der Waals surface area contributed by atoms with Gasteiger partial charge in [-0.15, -0.1) is 0 Å². The van der Waals surface area contributed by atoms with Crippen molar-refractivity contribution < 1.29 is 18.0 Å². The number of hydrogen-bond acceptors (Lipinski definition) is 4. The van der Waals surface area contributed by atoms with Crippen LogP contribution in [0.4, 0.5) is 5.69 Å². The van der Waals surface area contributed by atoms with Gasteiger partial charge in [-0.3, -0.25) is 9.59 Å². The number of anilines is 1. The third-order valence-electron chi connectivity index (χ3n) is 5.71. The van der Waals surface area contributed by atoms with Crippen LogP contribution >= 0.6 is 0 Å². The zero-order chi connectivity index (χ0) is 21.5. The number of H-pyrrole nitrogens is 1. The lowest BCUT2D eigenvalue weighted by molar-refractivity contribution is -0.118. The summed E-state index contributed by atoms with van der Waals surface area (Å²) in [5, 5.41) is 2.79. The van der Waals surface area contributed by atoms with E-state index in [1.807, 2.05) is 0 Å². The van der Waals surface area contributed by atoms with Crippen LogP contribution < -0.4 is 15.8 Å². The highest BCUT2D eigenvalue weighted by Crippen LogP contribution is 2.36. The van der Waals surface area contributed by atoms with Crippen LogP contribution in [-0.2, 0) is 38.9 Å². The fourth-order valence-corrected chi connectivity index (χ4v) is 4.93. The molecule has 30 heavy (non-hydrogen) atoms. The van der Waals surface area contributed by atoms with Crippen LogP contribution in [0.25, 0.3) is 11.6 Å². The Morgan fingerprint density at radius 2 is 2.03 bits per heavy atom. The Kier molecular flexibility index (Phi) is 5.25. The predicted octanol–water partition coefficient (Wildman–Crippen LogP) is 1.71. The van der Waals surface area contributed by atoms with Gasteiger partial charge in [-0.1, -0.05) is 0 Å². The highest BCUT2D eigenvalue weighted by Gasteiger charge is 2.28. The number of nitrogens with one attached hydrogen (secondary N) is 3. The molecule has 1 aromatic carbocycles. The van der Waals surface area contributed by atoms with Gasteiger partial charge in [0.15, 0.2) is 0 Å². The number of aryl methyl sites for hydroxylation is 1. The average Bonchev–Trinajstić information content (AvgIpc) is 3.23. The monoisotopic (exact) mass is 428 g/mol. The van der Waals surface area contributed by atoms with E-state index >= 15 is 0 Å². The summed E-state index contributed by atoms with van der Waals surface area (Å²) in [6.07, 6.45) is 6.51. The summed E-state index contributed by atoms with van der Waals surface area (Å²) < 4.78 is 26.7. The van der Waals surface area contributed by atoms with Gasteiger partial charge in [-0.25, -0.2) is 13.1 Å². The molecule has 2 aliphatic rings. The normalized spacial score (nSPS) is 17.0. The van der Waals surface area contributed by atoms with Crippen LogP contribution in [0, 0.1) is 0 Å². The molecule has 0 spiro atoms. The first-order valence-electron chi connectivity index (χ1n) is 9.92. The molecule has 0 unspecified atom stereocenters. The van der Waals surface area contributed by atoms with Gasteiger partial charge in [-0.2, -0.15) is 0 Å². The molecule has 2 heterocycles. The molecule has 1 aromatic heterocycles. The zero-order valence-corrected chi connectivity index (χ0v) is 17.5. The zero-order valence-electron chi connectivity index (χ0n) is 16.7. The van der Waals surface area contributed by atoms with E-state index in [-0.39, 0.29) is 23.1 Å². The molecular formula is C21H24N4O4S. The maximum atomic E-state index is 12.7. The summed E-state index contributed by atoms with van der Waals surface area (Å²) in [7, 11) is -2.29. The standard InChI is InChI=1S/C21H24N4O4S/c1-23-30(28,29)12-6-8-18-15(10-12)16(21(27)25-18)11-19-14(7-9-20(22)26)13-4-2-3-5-17(13)24-19/h6,8,10-11,23-24H,2-5,7,9H2,1H3,(H2,22,26)(H,25,27). The van der Waals surface area contributed by atoms with Crippen molar-refractivity contribution in [3.05, 3.63) is 46.3 Å². The summed E-state index contributed by atoms with van der Waals surface area (Å²) >= 11 is 0. The average molecular weight is 429 g/mol. The molecule has 2 aromatic rings. The first-order valence-corrected chi connectivity index (χ1v) is 11.4. The van der Waals surface area contributed by atoms with Crippen molar-refractivity contribution in [1.29, 1.82) is 0 Å². The van der Waals surface area contributed by atoms with Gasteiger partial charge in [0.1, 0.15) is 0 Å². The minimum absolute atomic E-state index is 0.0888. The van der Waals surface area contributed by atoms with E-state index in [2.05, 4.69) is 15.0 Å². The minimum Gasteiger partial charge on any atom is -0.370 e. The lowest BCUT2D eigenvalue weighted by atomic mass is 9.92. The fourth-order valence-electron chi connectivity index (χ4n) is 4.17. The Hall–Kier alpha value is -2.91. The van der Waals surface area contributed by atoms with E-state index in [1.54, 1.807) is 12.1 Å². The van der Waals surface area contributed by atoms with E-state index < -0.39 is 10.0 Å². The minimum atomic E-state index is -3.64. The second-order valence-electron chi connectivity index (χ2n) is 7.57. The number of benzene rings is 1. The lowest BCUT2D eigenvalue weighted by Crippen LogP contribution is -2.18. The molecule has 4 rings (SSSR count). The molecule has 1 aliphatic heterocycles. The summed E-state index contributed by atoms with van der Waals surface area (Å²) in [5.74, 6) is -0.664. The van der Waals surface area contributed by atoms with Crippen molar-refractivity contribution in [3.8, 4) is 0 Å². The molecule has 0 atom stereocenters. The molecule has 0 saturated carbocycles. The smallest absolute Gasteiger partial charge is 0.256 e. The number of primary amides is 1. The van der Waals surface area contributed by atoms with E-state index in [9.17, 15) is 18.0 Å². The number of hydrogen-bond donors (Lipinski definition) is 4. The number of rotatable bonds is 6. The molecule has 158 valence electrons. The van der Waals surface area contributed by atoms with Crippen LogP contribution in [0.5, 0.6) is 0 Å². The highest BCUT2D eigenvalue weighted by atomic mass is 32.2. The number of aromatic amines is 1. The van der Waals surface area contributed by atoms with Gasteiger partial charge in [0.05, 0.1) is 10.5 Å². The fraction of sp³-hybridized carbons (Fsp3) is 0.333. The molecule has 8 nitrogen and oxygen atoms in total. The Morgan fingerprint density at radius 1 is 1.27 bits per heavy atom. The Morgan fingerprint density at radius 3 is 2.77 bits per heavy atom. The van der Waals surface area contributed by atoms with Crippen molar-refractivity contribution in [2.24, 2.45) is 5.73 Å². The summed E-state index contributed by atoms with van der Waals surface area (Å²) in [4.78, 5) is 27.5. The summed E-state index contributed by atoms with van der Waals surface area (Å²) in [5.41, 5.74) is 11.0. The van der Waals surface area contributed by atoms with Crippen molar-refractivity contribution in [2.75, 3.05) is 12.4 Å². The molecule has 1 aliphatic carbocycles. The Labute approximate surface area is 175 Å². The third-order valence-corrected chi connectivity index (χ3v) is 7.12. The van der Waals surface area contributed by atoms with E-state index in [4.69, 9.17) is 5.73 Å². The number of sulfonamides is 1. The molecule has 9 heteroatoms. The van der Waals surface area contributed by atoms with E-state index in [0.717, 1.165) is 42.6 Å². The van der Waals surface area contributed by atoms with Crippen LogP contribution in [-0.4, -0.2) is 32.3 Å². The predicted molar refractivity (Wildman–Crippen MR) is 114 cm³/mol. The number of nitrogens with two attached hydrogens (primary N) is 1. The lowest BCUT2D eigenvalue weighted by Gasteiger charge is -2.12. The second-order valence-corrected chi connectivity index (χ2v) is 9.46. The topological polar surface area (TPSA) is 134 Å². The molecule has 0 fully saturated rings. The van der Waals surface area contributed by atoms with Crippen LogP contribution in [0.3, 0.4) is 0 Å². The van der Waals surface area contributed by atoms with Gasteiger partial charge in [0.2, 0.25) is 15.9 Å². The van der Waals surface area contributed by atoms with Crippen molar-refractivity contribution in [1.82, 2.24) is 9.71 Å². The maximum Gasteiger partial charge on any atom is 0.256 e. The van der Waals surface area contributed by atoms with Gasteiger partial charge in [0.25, 0.3) is 5.91 Å². The van der Waals surface area contributed by atoms with E-state index in [1.165, 1.54) is 24.7 Å². The Balaban J connectivity index is 1.81. The maximum absolute atomic E-state index is 12.7. The summed E-state index contributed by atoms with van der Waals surface area (Å²) in [6, 6.07) is 4.54. The SMILES string of the molecule is CNS(=O)(=O)c1ccc2c(c1)C(=Cc1[nH]c3c(c1CCC(N)=O)CCCC3)C(=O)N2. The molecule has 0 radical (unpaired) electrons. The van der Waals surface area contributed by atoms with Gasteiger partial charge in [-0.05, 0) is 74.6 Å². The van der Waals surface area contributed by atoms with Gasteiger partial charge < -0.3 is 16.0 Å². The van der Waals surface area contributed by atoms with Crippen LogP contribution in [0.1, 0.15) is 47.3 Å². The van der Waals surface area contributed by atoms with Crippen LogP contribution in [0.15, 0.2) is 23.1 Å². The summed E-state index contributed by atoms with van der Waals surface area (Å²) in [6.45, 7) is 0. The molecular weight excluding hydrogens is 404 g/mol. The molecule has 5 N–H and O–H groups in total. The number of fused-ring (bicyclic) bond motifs is 2. The highest BCUT2D eigenvalue weighted by molar-refractivity contribution is 7.89. The number of carbonyl (C=O) groups is 2. The van der Waals surface area contributed by atoms with E-state index in [0.29, 0.717) is 23.2 Å². The van der Waals surface area contributed by atoms with Crippen molar-refractivity contribution >= 4 is 39.2 Å². The molecule has 0 bridgehead atoms. The van der Waals surface area contributed by atoms with Crippen molar-refractivity contribution in [3.63, 3.8) is 0 Å². The van der Waals surface area contributed by atoms with Crippen molar-refractivity contribution in [2.45, 2.75) is 43.4 Å². The largest absolute Gasteiger partial charge is 0.370 e. The molecule has 0 saturated heterocycles. The Bertz CT molecular complexity index is 1180. The third kappa shape index (κ3) is 3.66. The van der Waals surface area contributed by atoms with Gasteiger partial charge >= 0.3 is 0 Å².